The lowest BCUT2D eigenvalue weighted by Gasteiger charge is -2.16. The highest BCUT2D eigenvalue weighted by Crippen LogP contribution is 2.23. The number of nitrogens with zero attached hydrogens (tertiary/aromatic N) is 3. The van der Waals surface area contributed by atoms with Crippen molar-refractivity contribution in [3.05, 3.63) is 36.0 Å². The molecule has 0 atom stereocenters. The van der Waals surface area contributed by atoms with Crippen molar-refractivity contribution < 1.29 is 9.32 Å². The molecule has 1 N–H and O–H groups in total. The average Bonchev–Trinajstić information content (AvgIpc) is 3.15. The first kappa shape index (κ1) is 14.6. The molecule has 2 aromatic rings. The number of amides is 1. The maximum atomic E-state index is 11.7. The SMILES string of the molecule is CCCc1noc(CNc2ccc(N3CCCC3=O)cc2)n1. The van der Waals surface area contributed by atoms with Crippen LogP contribution in [0.5, 0.6) is 0 Å². The van der Waals surface area contributed by atoms with Gasteiger partial charge in [0.2, 0.25) is 11.8 Å². The zero-order chi connectivity index (χ0) is 15.4. The summed E-state index contributed by atoms with van der Waals surface area (Å²) >= 11 is 0. The number of aromatic nitrogens is 2. The molecular weight excluding hydrogens is 280 g/mol. The number of aryl methyl sites for hydroxylation is 1. The second-order valence-electron chi connectivity index (χ2n) is 5.40. The molecule has 2 heterocycles. The molecule has 0 saturated carbocycles. The standard InChI is InChI=1S/C16H20N4O2/c1-2-4-14-18-15(22-19-14)11-17-12-6-8-13(9-7-12)20-10-3-5-16(20)21/h6-9,17H,2-5,10-11H2,1H3. The van der Waals surface area contributed by atoms with E-state index in [4.69, 9.17) is 4.52 Å². The van der Waals surface area contributed by atoms with Crippen LogP contribution >= 0.6 is 0 Å². The van der Waals surface area contributed by atoms with Crippen LogP contribution in [0.25, 0.3) is 0 Å². The summed E-state index contributed by atoms with van der Waals surface area (Å²) in [5.41, 5.74) is 1.92. The predicted octanol–water partition coefficient (Wildman–Crippen LogP) is 2.76. The fourth-order valence-electron chi connectivity index (χ4n) is 2.55. The van der Waals surface area contributed by atoms with Crippen molar-refractivity contribution in [3.63, 3.8) is 0 Å². The Hall–Kier alpha value is -2.37. The Kier molecular flexibility index (Phi) is 4.37. The third-order valence-corrected chi connectivity index (χ3v) is 3.68. The highest BCUT2D eigenvalue weighted by molar-refractivity contribution is 5.95. The normalized spacial score (nSPS) is 14.6. The second-order valence-corrected chi connectivity index (χ2v) is 5.40. The molecule has 6 nitrogen and oxygen atoms in total. The Balaban J connectivity index is 1.57. The summed E-state index contributed by atoms with van der Waals surface area (Å²) in [7, 11) is 0. The lowest BCUT2D eigenvalue weighted by molar-refractivity contribution is -0.117. The first-order valence-electron chi connectivity index (χ1n) is 7.72. The van der Waals surface area contributed by atoms with Crippen molar-refractivity contribution in [1.82, 2.24) is 10.1 Å². The summed E-state index contributed by atoms with van der Waals surface area (Å²) in [6, 6.07) is 7.85. The fourth-order valence-corrected chi connectivity index (χ4v) is 2.55. The molecule has 0 unspecified atom stereocenters. The smallest absolute Gasteiger partial charge is 0.245 e. The Labute approximate surface area is 129 Å². The van der Waals surface area contributed by atoms with E-state index in [1.165, 1.54) is 0 Å². The number of rotatable bonds is 6. The molecule has 0 aliphatic carbocycles. The number of anilines is 2. The van der Waals surface area contributed by atoms with Gasteiger partial charge in [0.15, 0.2) is 5.82 Å². The van der Waals surface area contributed by atoms with E-state index >= 15 is 0 Å². The molecule has 1 fully saturated rings. The summed E-state index contributed by atoms with van der Waals surface area (Å²) in [5.74, 6) is 1.54. The Morgan fingerprint density at radius 3 is 2.82 bits per heavy atom. The number of nitrogens with one attached hydrogen (secondary N) is 1. The lowest BCUT2D eigenvalue weighted by atomic mass is 10.2. The van der Waals surface area contributed by atoms with Crippen molar-refractivity contribution in [3.8, 4) is 0 Å². The Morgan fingerprint density at radius 1 is 1.32 bits per heavy atom. The van der Waals surface area contributed by atoms with Crippen molar-refractivity contribution in [2.45, 2.75) is 39.2 Å². The van der Waals surface area contributed by atoms with Gasteiger partial charge in [-0.05, 0) is 37.1 Å². The highest BCUT2D eigenvalue weighted by atomic mass is 16.5. The van der Waals surface area contributed by atoms with Crippen molar-refractivity contribution in [1.29, 1.82) is 0 Å². The summed E-state index contributed by atoms with van der Waals surface area (Å²) in [5, 5.41) is 7.17. The molecule has 116 valence electrons. The first-order chi connectivity index (χ1) is 10.8. The van der Waals surface area contributed by atoms with Crippen LogP contribution in [-0.2, 0) is 17.8 Å². The summed E-state index contributed by atoms with van der Waals surface area (Å²) in [6.45, 7) is 3.40. The molecule has 22 heavy (non-hydrogen) atoms. The monoisotopic (exact) mass is 300 g/mol. The van der Waals surface area contributed by atoms with E-state index in [1.54, 1.807) is 0 Å². The Bertz CT molecular complexity index is 636. The molecule has 1 aliphatic heterocycles. The van der Waals surface area contributed by atoms with Gasteiger partial charge in [0.1, 0.15) is 0 Å². The number of benzene rings is 1. The van der Waals surface area contributed by atoms with Crippen LogP contribution in [0.15, 0.2) is 28.8 Å². The molecule has 1 amide bonds. The zero-order valence-corrected chi connectivity index (χ0v) is 12.7. The van der Waals surface area contributed by atoms with Gasteiger partial charge in [0, 0.05) is 30.8 Å². The van der Waals surface area contributed by atoms with Gasteiger partial charge in [-0.3, -0.25) is 4.79 Å². The fraction of sp³-hybridized carbons (Fsp3) is 0.438. The summed E-state index contributed by atoms with van der Waals surface area (Å²) in [4.78, 5) is 17.9. The van der Waals surface area contributed by atoms with E-state index in [-0.39, 0.29) is 5.91 Å². The molecule has 1 aliphatic rings. The molecule has 0 radical (unpaired) electrons. The Morgan fingerprint density at radius 2 is 2.14 bits per heavy atom. The van der Waals surface area contributed by atoms with Gasteiger partial charge in [-0.25, -0.2) is 0 Å². The van der Waals surface area contributed by atoms with E-state index in [1.807, 2.05) is 29.2 Å². The van der Waals surface area contributed by atoms with Gasteiger partial charge < -0.3 is 14.7 Å². The molecule has 3 rings (SSSR count). The lowest BCUT2D eigenvalue weighted by Crippen LogP contribution is -2.23. The van der Waals surface area contributed by atoms with E-state index < -0.39 is 0 Å². The maximum Gasteiger partial charge on any atom is 0.245 e. The number of hydrogen-bond donors (Lipinski definition) is 1. The first-order valence-corrected chi connectivity index (χ1v) is 7.72. The minimum Gasteiger partial charge on any atom is -0.376 e. The van der Waals surface area contributed by atoms with E-state index in [9.17, 15) is 4.79 Å². The van der Waals surface area contributed by atoms with E-state index in [2.05, 4.69) is 22.4 Å². The van der Waals surface area contributed by atoms with Gasteiger partial charge in [0.25, 0.3) is 0 Å². The molecular formula is C16H20N4O2. The predicted molar refractivity (Wildman–Crippen MR) is 83.6 cm³/mol. The van der Waals surface area contributed by atoms with Crippen molar-refractivity contribution >= 4 is 17.3 Å². The third-order valence-electron chi connectivity index (χ3n) is 3.68. The summed E-state index contributed by atoms with van der Waals surface area (Å²) < 4.78 is 5.18. The van der Waals surface area contributed by atoms with Crippen molar-refractivity contribution in [2.75, 3.05) is 16.8 Å². The quantitative estimate of drug-likeness (QED) is 0.888. The van der Waals surface area contributed by atoms with Crippen LogP contribution in [0.4, 0.5) is 11.4 Å². The number of carbonyl (C=O) groups is 1. The molecule has 0 spiro atoms. The van der Waals surface area contributed by atoms with Crippen LogP contribution < -0.4 is 10.2 Å². The highest BCUT2D eigenvalue weighted by Gasteiger charge is 2.21. The van der Waals surface area contributed by atoms with Gasteiger partial charge >= 0.3 is 0 Å². The molecule has 6 heteroatoms. The topological polar surface area (TPSA) is 71.3 Å². The number of hydrogen-bond acceptors (Lipinski definition) is 5. The second kappa shape index (κ2) is 6.60. The summed E-state index contributed by atoms with van der Waals surface area (Å²) in [6.07, 6.45) is 3.43. The minimum absolute atomic E-state index is 0.204. The average molecular weight is 300 g/mol. The molecule has 1 aromatic carbocycles. The maximum absolute atomic E-state index is 11.7. The van der Waals surface area contributed by atoms with Crippen LogP contribution in [0, 0.1) is 0 Å². The van der Waals surface area contributed by atoms with Gasteiger partial charge in [-0.2, -0.15) is 4.98 Å². The minimum atomic E-state index is 0.204. The van der Waals surface area contributed by atoms with Crippen LogP contribution in [-0.4, -0.2) is 22.6 Å². The molecule has 0 bridgehead atoms. The van der Waals surface area contributed by atoms with Gasteiger partial charge in [0.05, 0.1) is 6.54 Å². The molecule has 1 saturated heterocycles. The third kappa shape index (κ3) is 3.27. The number of carbonyl (C=O) groups excluding carboxylic acids is 1. The van der Waals surface area contributed by atoms with Crippen LogP contribution in [0.3, 0.4) is 0 Å². The largest absolute Gasteiger partial charge is 0.376 e. The van der Waals surface area contributed by atoms with Gasteiger partial charge in [-0.1, -0.05) is 12.1 Å². The van der Waals surface area contributed by atoms with Crippen molar-refractivity contribution in [2.24, 2.45) is 0 Å². The van der Waals surface area contributed by atoms with Crippen LogP contribution in [0.2, 0.25) is 0 Å². The molecule has 1 aromatic heterocycles. The van der Waals surface area contributed by atoms with E-state index in [0.29, 0.717) is 18.9 Å². The van der Waals surface area contributed by atoms with E-state index in [0.717, 1.165) is 43.0 Å². The zero-order valence-electron chi connectivity index (χ0n) is 12.7. The van der Waals surface area contributed by atoms with Crippen LogP contribution in [0.1, 0.15) is 37.9 Å². The van der Waals surface area contributed by atoms with Gasteiger partial charge in [-0.15, -0.1) is 0 Å².